The van der Waals surface area contributed by atoms with E-state index in [-0.39, 0.29) is 36.3 Å². The summed E-state index contributed by atoms with van der Waals surface area (Å²) in [5.74, 6) is -0.715. The normalized spacial score (nSPS) is 11.8. The minimum atomic E-state index is -0.596. The second kappa shape index (κ2) is 7.42. The van der Waals surface area contributed by atoms with Crippen molar-refractivity contribution in [1.82, 2.24) is 5.32 Å². The Kier molecular flexibility index (Phi) is 5.89. The molecule has 0 radical (unpaired) electrons. The van der Waals surface area contributed by atoms with Crippen molar-refractivity contribution in [3.63, 3.8) is 0 Å². The number of amides is 1. The van der Waals surface area contributed by atoms with Gasteiger partial charge in [0.15, 0.2) is 0 Å². The molecule has 0 heterocycles. The lowest BCUT2D eigenvalue weighted by Crippen LogP contribution is -2.32. The molecule has 20 heavy (non-hydrogen) atoms. The quantitative estimate of drug-likeness (QED) is 0.594. The number of nitrogens with zero attached hydrogens (tertiary/aromatic N) is 1. The molecule has 2 N–H and O–H groups in total. The highest BCUT2D eigenvalue weighted by Crippen LogP contribution is 2.24. The van der Waals surface area contributed by atoms with Gasteiger partial charge < -0.3 is 10.6 Å². The molecule has 1 amide bonds. The van der Waals surface area contributed by atoms with E-state index in [0.717, 1.165) is 24.6 Å². The molecular formula is C13H18FN3O3. The molecule has 1 atom stereocenters. The van der Waals surface area contributed by atoms with Crippen molar-refractivity contribution < 1.29 is 14.1 Å². The molecule has 0 saturated carbocycles. The summed E-state index contributed by atoms with van der Waals surface area (Å²) in [5, 5.41) is 16.3. The van der Waals surface area contributed by atoms with Crippen LogP contribution in [0.3, 0.4) is 0 Å². The van der Waals surface area contributed by atoms with Crippen LogP contribution in [-0.2, 0) is 4.79 Å². The molecule has 0 fully saturated rings. The van der Waals surface area contributed by atoms with Gasteiger partial charge in [-0.1, -0.05) is 6.92 Å². The van der Waals surface area contributed by atoms with Gasteiger partial charge in [-0.15, -0.1) is 0 Å². The van der Waals surface area contributed by atoms with Gasteiger partial charge in [0.25, 0.3) is 5.69 Å². The topological polar surface area (TPSA) is 84.3 Å². The number of halogens is 1. The Morgan fingerprint density at radius 3 is 2.80 bits per heavy atom. The number of benzene rings is 1. The molecule has 0 aliphatic carbocycles. The van der Waals surface area contributed by atoms with Crippen molar-refractivity contribution in [2.45, 2.75) is 32.7 Å². The number of anilines is 1. The Morgan fingerprint density at radius 1 is 1.50 bits per heavy atom. The van der Waals surface area contributed by atoms with Gasteiger partial charge in [0.1, 0.15) is 11.5 Å². The Hall–Kier alpha value is -2.18. The maximum absolute atomic E-state index is 13.1. The van der Waals surface area contributed by atoms with Gasteiger partial charge in [-0.05, 0) is 19.4 Å². The molecule has 1 aromatic carbocycles. The van der Waals surface area contributed by atoms with E-state index in [1.165, 1.54) is 0 Å². The van der Waals surface area contributed by atoms with E-state index < -0.39 is 10.7 Å². The molecule has 0 spiro atoms. The molecule has 0 aromatic heterocycles. The lowest BCUT2D eigenvalue weighted by atomic mass is 10.2. The molecule has 1 unspecified atom stereocenters. The Balaban J connectivity index is 2.55. The first-order valence-electron chi connectivity index (χ1n) is 6.41. The first-order valence-corrected chi connectivity index (χ1v) is 6.41. The van der Waals surface area contributed by atoms with Crippen LogP contribution < -0.4 is 10.6 Å². The smallest absolute Gasteiger partial charge is 0.292 e. The van der Waals surface area contributed by atoms with Gasteiger partial charge in [-0.2, -0.15) is 0 Å². The van der Waals surface area contributed by atoms with Crippen molar-refractivity contribution in [3.05, 3.63) is 34.1 Å². The van der Waals surface area contributed by atoms with Crippen molar-refractivity contribution in [1.29, 1.82) is 0 Å². The number of carbonyl (C=O) groups excluding carboxylic acids is 1. The van der Waals surface area contributed by atoms with Gasteiger partial charge in [-0.25, -0.2) is 4.39 Å². The highest BCUT2D eigenvalue weighted by Gasteiger charge is 2.14. The lowest BCUT2D eigenvalue weighted by molar-refractivity contribution is -0.384. The van der Waals surface area contributed by atoms with Crippen molar-refractivity contribution in [3.8, 4) is 0 Å². The summed E-state index contributed by atoms with van der Waals surface area (Å²) in [7, 11) is 0. The van der Waals surface area contributed by atoms with E-state index >= 15 is 0 Å². The van der Waals surface area contributed by atoms with Crippen LogP contribution in [0, 0.1) is 15.9 Å². The van der Waals surface area contributed by atoms with Crippen LogP contribution in [0.1, 0.15) is 26.7 Å². The highest BCUT2D eigenvalue weighted by molar-refractivity contribution is 5.77. The average Bonchev–Trinajstić information content (AvgIpc) is 2.38. The molecule has 0 aliphatic rings. The predicted octanol–water partition coefficient (Wildman–Crippen LogP) is 2.45. The highest BCUT2D eigenvalue weighted by atomic mass is 19.1. The van der Waals surface area contributed by atoms with E-state index in [1.807, 2.05) is 13.8 Å². The monoisotopic (exact) mass is 283 g/mol. The van der Waals surface area contributed by atoms with E-state index in [2.05, 4.69) is 10.6 Å². The second-order valence-corrected chi connectivity index (χ2v) is 4.47. The Morgan fingerprint density at radius 2 is 2.20 bits per heavy atom. The molecule has 0 aliphatic heterocycles. The van der Waals surface area contributed by atoms with E-state index in [0.29, 0.717) is 0 Å². The molecule has 0 bridgehead atoms. The SMILES string of the molecule is CCC(C)NC(=O)CCNc1cc(F)ccc1[N+](=O)[O-]. The number of nitro groups is 1. The van der Waals surface area contributed by atoms with Crippen LogP contribution in [0.15, 0.2) is 18.2 Å². The maximum Gasteiger partial charge on any atom is 0.292 e. The fourth-order valence-electron chi connectivity index (χ4n) is 1.57. The number of carbonyl (C=O) groups is 1. The zero-order valence-electron chi connectivity index (χ0n) is 11.5. The average molecular weight is 283 g/mol. The van der Waals surface area contributed by atoms with E-state index in [4.69, 9.17) is 0 Å². The largest absolute Gasteiger partial charge is 0.379 e. The summed E-state index contributed by atoms with van der Waals surface area (Å²) in [5.41, 5.74) is -0.139. The number of hydrogen-bond acceptors (Lipinski definition) is 4. The van der Waals surface area contributed by atoms with Gasteiger partial charge in [0.2, 0.25) is 5.91 Å². The Labute approximate surface area is 116 Å². The van der Waals surface area contributed by atoms with Crippen LogP contribution in [0.25, 0.3) is 0 Å². The van der Waals surface area contributed by atoms with Crippen LogP contribution in [0.4, 0.5) is 15.8 Å². The minimum absolute atomic E-state index is 0.0753. The summed E-state index contributed by atoms with van der Waals surface area (Å²) in [6, 6.07) is 3.26. The number of hydrogen-bond donors (Lipinski definition) is 2. The van der Waals surface area contributed by atoms with Gasteiger partial charge in [0, 0.05) is 31.1 Å². The van der Waals surface area contributed by atoms with E-state index in [9.17, 15) is 19.3 Å². The summed E-state index contributed by atoms with van der Waals surface area (Å²) in [4.78, 5) is 21.7. The predicted molar refractivity (Wildman–Crippen MR) is 74.1 cm³/mol. The molecule has 1 aromatic rings. The van der Waals surface area contributed by atoms with Gasteiger partial charge in [-0.3, -0.25) is 14.9 Å². The number of nitrogens with one attached hydrogen (secondary N) is 2. The molecule has 1 rings (SSSR count). The van der Waals surface area contributed by atoms with Crippen LogP contribution >= 0.6 is 0 Å². The van der Waals surface area contributed by atoms with Crippen LogP contribution in [0.5, 0.6) is 0 Å². The molecule has 0 saturated heterocycles. The second-order valence-electron chi connectivity index (χ2n) is 4.47. The zero-order valence-corrected chi connectivity index (χ0v) is 11.5. The van der Waals surface area contributed by atoms with Crippen molar-refractivity contribution in [2.24, 2.45) is 0 Å². The molecule has 110 valence electrons. The third-order valence-electron chi connectivity index (χ3n) is 2.84. The van der Waals surface area contributed by atoms with E-state index in [1.54, 1.807) is 0 Å². The standard InChI is InChI=1S/C13H18FN3O3/c1-3-9(2)16-13(18)6-7-15-11-8-10(14)4-5-12(11)17(19)20/h4-5,8-9,15H,3,6-7H2,1-2H3,(H,16,18). The number of nitro benzene ring substituents is 1. The van der Waals surface area contributed by atoms with Crippen LogP contribution in [0.2, 0.25) is 0 Å². The van der Waals surface area contributed by atoms with Gasteiger partial charge >= 0.3 is 0 Å². The van der Waals surface area contributed by atoms with Crippen molar-refractivity contribution in [2.75, 3.05) is 11.9 Å². The zero-order chi connectivity index (χ0) is 15.1. The minimum Gasteiger partial charge on any atom is -0.379 e. The first kappa shape index (κ1) is 15.9. The molecule has 6 nitrogen and oxygen atoms in total. The third-order valence-corrected chi connectivity index (χ3v) is 2.84. The molecule has 7 heteroatoms. The Bertz CT molecular complexity index is 494. The fourth-order valence-corrected chi connectivity index (χ4v) is 1.57. The number of rotatable bonds is 7. The first-order chi connectivity index (χ1) is 9.43. The summed E-state index contributed by atoms with van der Waals surface area (Å²) in [6.07, 6.45) is 0.993. The van der Waals surface area contributed by atoms with Crippen LogP contribution in [-0.4, -0.2) is 23.4 Å². The van der Waals surface area contributed by atoms with Crippen molar-refractivity contribution >= 4 is 17.3 Å². The fraction of sp³-hybridized carbons (Fsp3) is 0.462. The molecular weight excluding hydrogens is 265 g/mol. The lowest BCUT2D eigenvalue weighted by Gasteiger charge is -2.12. The maximum atomic E-state index is 13.1. The summed E-state index contributed by atoms with van der Waals surface area (Å²) in [6.45, 7) is 4.05. The summed E-state index contributed by atoms with van der Waals surface area (Å²) < 4.78 is 13.1. The van der Waals surface area contributed by atoms with Gasteiger partial charge in [0.05, 0.1) is 4.92 Å². The summed E-state index contributed by atoms with van der Waals surface area (Å²) >= 11 is 0. The third kappa shape index (κ3) is 4.83.